The Balaban J connectivity index is 2.29. The monoisotopic (exact) mass is 375 g/mol. The first kappa shape index (κ1) is 20.7. The third-order valence-corrected chi connectivity index (χ3v) is 4.98. The maximum Gasteiger partial charge on any atom is 0.325 e. The van der Waals surface area contributed by atoms with Crippen LogP contribution >= 0.6 is 0 Å². The van der Waals surface area contributed by atoms with Crippen LogP contribution in [-0.2, 0) is 15.1 Å². The van der Waals surface area contributed by atoms with Crippen molar-refractivity contribution in [2.75, 3.05) is 13.7 Å². The van der Waals surface area contributed by atoms with Gasteiger partial charge in [-0.15, -0.1) is 0 Å². The number of methoxy groups -OCH3 is 1. The van der Waals surface area contributed by atoms with E-state index in [2.05, 4.69) is 5.32 Å². The van der Waals surface area contributed by atoms with E-state index in [0.29, 0.717) is 17.7 Å². The van der Waals surface area contributed by atoms with Crippen LogP contribution in [0.2, 0.25) is 0 Å². The number of amides is 4. The van der Waals surface area contributed by atoms with Crippen LogP contribution in [0.15, 0.2) is 24.3 Å². The molecule has 1 fully saturated rings. The molecule has 1 aliphatic rings. The second-order valence-corrected chi connectivity index (χ2v) is 7.30. The summed E-state index contributed by atoms with van der Waals surface area (Å²) in [5.74, 6) is 0.0180. The number of carbonyl (C=O) groups excluding carboxylic acids is 3. The predicted octanol–water partition coefficient (Wildman–Crippen LogP) is 2.50. The highest BCUT2D eigenvalue weighted by molar-refractivity contribution is 6.09. The number of rotatable bonds is 7. The SMILES string of the molecule is CC[C@]1(c2ccc(OC)cc2)NC(=O)N(CC(=O)N(C(C)C)C(C)C)C1=O. The van der Waals surface area contributed by atoms with E-state index in [1.165, 1.54) is 0 Å². The van der Waals surface area contributed by atoms with Gasteiger partial charge < -0.3 is 15.0 Å². The molecule has 7 nitrogen and oxygen atoms in total. The molecule has 2 rings (SSSR count). The van der Waals surface area contributed by atoms with Crippen LogP contribution in [-0.4, -0.2) is 53.4 Å². The summed E-state index contributed by atoms with van der Waals surface area (Å²) < 4.78 is 5.16. The number of nitrogens with zero attached hydrogens (tertiary/aromatic N) is 2. The lowest BCUT2D eigenvalue weighted by molar-refractivity contribution is -0.141. The summed E-state index contributed by atoms with van der Waals surface area (Å²) in [6.45, 7) is 9.23. The fourth-order valence-electron chi connectivity index (χ4n) is 3.67. The first-order valence-corrected chi connectivity index (χ1v) is 9.27. The minimum atomic E-state index is -1.16. The molecule has 1 N–H and O–H groups in total. The standard InChI is InChI=1S/C20H29N3O4/c1-7-20(15-8-10-16(27-6)11-9-15)18(25)22(19(26)21-20)12-17(24)23(13(2)3)14(4)5/h8-11,13-14H,7,12H2,1-6H3,(H,21,26)/t20-/m1/s1. The number of hydrogen-bond donors (Lipinski definition) is 1. The summed E-state index contributed by atoms with van der Waals surface area (Å²) in [4.78, 5) is 41.1. The Labute approximate surface area is 160 Å². The minimum Gasteiger partial charge on any atom is -0.497 e. The number of ether oxygens (including phenoxy) is 1. The zero-order valence-electron chi connectivity index (χ0n) is 16.9. The third-order valence-electron chi connectivity index (χ3n) is 4.98. The first-order chi connectivity index (χ1) is 12.7. The molecule has 1 aromatic rings. The van der Waals surface area contributed by atoms with Gasteiger partial charge in [-0.05, 0) is 51.8 Å². The van der Waals surface area contributed by atoms with E-state index < -0.39 is 17.5 Å². The van der Waals surface area contributed by atoms with Crippen LogP contribution in [0.25, 0.3) is 0 Å². The van der Waals surface area contributed by atoms with E-state index in [1.807, 2.05) is 34.6 Å². The number of nitrogens with one attached hydrogen (secondary N) is 1. The molecular formula is C20H29N3O4. The molecule has 1 heterocycles. The highest BCUT2D eigenvalue weighted by Gasteiger charge is 2.51. The average molecular weight is 375 g/mol. The van der Waals surface area contributed by atoms with Gasteiger partial charge in [0, 0.05) is 12.1 Å². The predicted molar refractivity (Wildman–Crippen MR) is 102 cm³/mol. The Bertz CT molecular complexity index is 706. The molecule has 0 aromatic heterocycles. The van der Waals surface area contributed by atoms with Gasteiger partial charge in [-0.3, -0.25) is 14.5 Å². The molecule has 0 bridgehead atoms. The van der Waals surface area contributed by atoms with Gasteiger partial charge in [0.05, 0.1) is 7.11 Å². The van der Waals surface area contributed by atoms with Crippen LogP contribution in [0.5, 0.6) is 5.75 Å². The number of hydrogen-bond acceptors (Lipinski definition) is 4. The number of carbonyl (C=O) groups is 3. The number of benzene rings is 1. The summed E-state index contributed by atoms with van der Waals surface area (Å²) in [6.07, 6.45) is 0.382. The van der Waals surface area contributed by atoms with E-state index in [1.54, 1.807) is 36.3 Å². The van der Waals surface area contributed by atoms with E-state index in [0.717, 1.165) is 4.90 Å². The fraction of sp³-hybridized carbons (Fsp3) is 0.550. The summed E-state index contributed by atoms with van der Waals surface area (Å²) >= 11 is 0. The van der Waals surface area contributed by atoms with Crippen molar-refractivity contribution in [3.8, 4) is 5.75 Å². The molecule has 148 valence electrons. The maximum atomic E-state index is 13.2. The lowest BCUT2D eigenvalue weighted by Gasteiger charge is -2.32. The van der Waals surface area contributed by atoms with Gasteiger partial charge in [0.25, 0.3) is 5.91 Å². The topological polar surface area (TPSA) is 79.0 Å². The van der Waals surface area contributed by atoms with Crippen molar-refractivity contribution in [2.45, 2.75) is 58.7 Å². The van der Waals surface area contributed by atoms with Crippen molar-refractivity contribution in [2.24, 2.45) is 0 Å². The summed E-state index contributed by atoms with van der Waals surface area (Å²) in [6, 6.07) is 6.45. The Kier molecular flexibility index (Phi) is 6.13. The zero-order valence-corrected chi connectivity index (χ0v) is 16.9. The maximum absolute atomic E-state index is 13.2. The van der Waals surface area contributed by atoms with Crippen LogP contribution in [0.4, 0.5) is 4.79 Å². The van der Waals surface area contributed by atoms with E-state index in [9.17, 15) is 14.4 Å². The average Bonchev–Trinajstić information content (AvgIpc) is 2.86. The molecule has 1 atom stereocenters. The van der Waals surface area contributed by atoms with Crippen LogP contribution < -0.4 is 10.1 Å². The van der Waals surface area contributed by atoms with Crippen LogP contribution in [0, 0.1) is 0 Å². The van der Waals surface area contributed by atoms with Gasteiger partial charge >= 0.3 is 6.03 Å². The number of urea groups is 1. The number of imide groups is 1. The van der Waals surface area contributed by atoms with Gasteiger partial charge in [0.15, 0.2) is 0 Å². The van der Waals surface area contributed by atoms with E-state index in [4.69, 9.17) is 4.74 Å². The van der Waals surface area contributed by atoms with Gasteiger partial charge in [-0.1, -0.05) is 19.1 Å². The minimum absolute atomic E-state index is 0.0178. The molecule has 0 radical (unpaired) electrons. The van der Waals surface area contributed by atoms with Gasteiger partial charge in [0.1, 0.15) is 17.8 Å². The van der Waals surface area contributed by atoms with E-state index >= 15 is 0 Å². The molecule has 4 amide bonds. The highest BCUT2D eigenvalue weighted by Crippen LogP contribution is 2.33. The lowest BCUT2D eigenvalue weighted by Crippen LogP contribution is -2.49. The summed E-state index contributed by atoms with van der Waals surface area (Å²) in [7, 11) is 1.57. The summed E-state index contributed by atoms with van der Waals surface area (Å²) in [5.41, 5.74) is -0.493. The molecule has 0 saturated carbocycles. The molecule has 7 heteroatoms. The first-order valence-electron chi connectivity index (χ1n) is 9.27. The highest BCUT2D eigenvalue weighted by atomic mass is 16.5. The Morgan fingerprint density at radius 2 is 1.70 bits per heavy atom. The second kappa shape index (κ2) is 7.98. The van der Waals surface area contributed by atoms with Crippen molar-refractivity contribution in [3.05, 3.63) is 29.8 Å². The van der Waals surface area contributed by atoms with Crippen molar-refractivity contribution >= 4 is 17.8 Å². The van der Waals surface area contributed by atoms with Crippen LogP contribution in [0.1, 0.15) is 46.6 Å². The van der Waals surface area contributed by atoms with Crippen molar-refractivity contribution in [1.29, 1.82) is 0 Å². The van der Waals surface area contributed by atoms with Gasteiger partial charge in [-0.25, -0.2) is 4.79 Å². The lowest BCUT2D eigenvalue weighted by atomic mass is 9.87. The Morgan fingerprint density at radius 3 is 2.15 bits per heavy atom. The zero-order chi connectivity index (χ0) is 20.4. The van der Waals surface area contributed by atoms with Crippen LogP contribution in [0.3, 0.4) is 0 Å². The molecule has 0 spiro atoms. The van der Waals surface area contributed by atoms with Crippen molar-refractivity contribution < 1.29 is 19.1 Å². The fourth-order valence-corrected chi connectivity index (χ4v) is 3.67. The largest absolute Gasteiger partial charge is 0.497 e. The smallest absolute Gasteiger partial charge is 0.325 e. The summed E-state index contributed by atoms with van der Waals surface area (Å²) in [5, 5.41) is 2.80. The molecule has 1 aliphatic heterocycles. The Hall–Kier alpha value is -2.57. The van der Waals surface area contributed by atoms with Crippen molar-refractivity contribution in [3.63, 3.8) is 0 Å². The van der Waals surface area contributed by atoms with Gasteiger partial charge in [-0.2, -0.15) is 0 Å². The normalized spacial score (nSPS) is 19.6. The molecule has 27 heavy (non-hydrogen) atoms. The molecule has 0 unspecified atom stereocenters. The molecule has 1 aromatic carbocycles. The van der Waals surface area contributed by atoms with E-state index in [-0.39, 0.29) is 24.5 Å². The second-order valence-electron chi connectivity index (χ2n) is 7.30. The van der Waals surface area contributed by atoms with Gasteiger partial charge in [0.2, 0.25) is 5.91 Å². The molecular weight excluding hydrogens is 346 g/mol. The Morgan fingerprint density at radius 1 is 1.15 bits per heavy atom. The molecule has 0 aliphatic carbocycles. The third kappa shape index (κ3) is 3.77. The molecule has 1 saturated heterocycles. The quantitative estimate of drug-likeness (QED) is 0.743. The van der Waals surface area contributed by atoms with Crippen molar-refractivity contribution in [1.82, 2.24) is 15.1 Å².